The predicted molar refractivity (Wildman–Crippen MR) is 84.5 cm³/mol. The van der Waals surface area contributed by atoms with E-state index < -0.39 is 16.1 Å². The van der Waals surface area contributed by atoms with Crippen molar-refractivity contribution in [2.24, 2.45) is 0 Å². The first-order valence-corrected chi connectivity index (χ1v) is 9.23. The molecule has 1 atom stereocenters. The molecule has 22 heavy (non-hydrogen) atoms. The highest BCUT2D eigenvalue weighted by molar-refractivity contribution is 7.88. The third-order valence-electron chi connectivity index (χ3n) is 3.42. The topological polar surface area (TPSA) is 75.7 Å². The number of nitrogens with one attached hydrogen (secondary N) is 1. The Morgan fingerprint density at radius 2 is 2.09 bits per heavy atom. The average Bonchev–Trinajstić information content (AvgIpc) is 2.95. The molecule has 1 unspecified atom stereocenters. The molecule has 1 aliphatic heterocycles. The summed E-state index contributed by atoms with van der Waals surface area (Å²) in [5.74, 6) is 0.389. The van der Waals surface area contributed by atoms with Gasteiger partial charge in [0.1, 0.15) is 18.4 Å². The van der Waals surface area contributed by atoms with Crippen LogP contribution in [-0.4, -0.2) is 50.6 Å². The van der Waals surface area contributed by atoms with Gasteiger partial charge in [-0.3, -0.25) is 4.79 Å². The van der Waals surface area contributed by atoms with Crippen LogP contribution in [0, 0.1) is 0 Å². The van der Waals surface area contributed by atoms with E-state index in [1.165, 1.54) is 4.31 Å². The molecular formula is C14H19ClN2O4S. The number of amides is 1. The van der Waals surface area contributed by atoms with Gasteiger partial charge in [-0.05, 0) is 37.1 Å². The smallest absolute Gasteiger partial charge is 0.238 e. The van der Waals surface area contributed by atoms with Crippen molar-refractivity contribution >= 4 is 27.5 Å². The summed E-state index contributed by atoms with van der Waals surface area (Å²) in [7, 11) is -3.35. The molecule has 1 N–H and O–H groups in total. The molecule has 0 aliphatic carbocycles. The highest BCUT2D eigenvalue weighted by Crippen LogP contribution is 2.20. The minimum absolute atomic E-state index is 0.275. The Morgan fingerprint density at radius 1 is 1.41 bits per heavy atom. The van der Waals surface area contributed by atoms with Crippen LogP contribution < -0.4 is 10.1 Å². The van der Waals surface area contributed by atoms with Crippen LogP contribution in [0.4, 0.5) is 0 Å². The summed E-state index contributed by atoms with van der Waals surface area (Å²) in [6, 6.07) is 6.32. The number of hydrogen-bond acceptors (Lipinski definition) is 4. The molecule has 1 amide bonds. The number of halogens is 1. The van der Waals surface area contributed by atoms with Crippen LogP contribution in [0.5, 0.6) is 5.75 Å². The van der Waals surface area contributed by atoms with Crippen molar-refractivity contribution in [3.63, 3.8) is 0 Å². The molecule has 0 spiro atoms. The minimum Gasteiger partial charge on any atom is -0.492 e. The van der Waals surface area contributed by atoms with Gasteiger partial charge in [0.05, 0.1) is 12.8 Å². The van der Waals surface area contributed by atoms with Gasteiger partial charge in [-0.2, -0.15) is 4.31 Å². The summed E-state index contributed by atoms with van der Waals surface area (Å²) in [5.41, 5.74) is 0. The quantitative estimate of drug-likeness (QED) is 0.787. The van der Waals surface area contributed by atoms with Crippen molar-refractivity contribution in [1.82, 2.24) is 9.62 Å². The van der Waals surface area contributed by atoms with Gasteiger partial charge in [0.2, 0.25) is 15.9 Å². The third-order valence-corrected chi connectivity index (χ3v) is 4.96. The van der Waals surface area contributed by atoms with Crippen molar-refractivity contribution in [3.05, 3.63) is 29.3 Å². The molecule has 2 rings (SSSR count). The standard InChI is InChI=1S/C14H19ClN2O4S/c1-22(19,20)17-9-2-3-13(17)14(18)16-8-10-21-12-6-4-11(15)5-7-12/h4-7,13H,2-3,8-10H2,1H3,(H,16,18). The van der Waals surface area contributed by atoms with Crippen molar-refractivity contribution in [2.75, 3.05) is 26.0 Å². The van der Waals surface area contributed by atoms with Crippen LogP contribution >= 0.6 is 11.6 Å². The molecule has 1 aromatic rings. The van der Waals surface area contributed by atoms with Gasteiger partial charge in [0, 0.05) is 11.6 Å². The predicted octanol–water partition coefficient (Wildman–Crippen LogP) is 1.26. The highest BCUT2D eigenvalue weighted by atomic mass is 35.5. The monoisotopic (exact) mass is 346 g/mol. The fourth-order valence-corrected chi connectivity index (χ4v) is 3.64. The van der Waals surface area contributed by atoms with Crippen LogP contribution in [0.1, 0.15) is 12.8 Å². The second kappa shape index (κ2) is 7.30. The van der Waals surface area contributed by atoms with Gasteiger partial charge in [0.15, 0.2) is 0 Å². The van der Waals surface area contributed by atoms with Crippen LogP contribution in [0.15, 0.2) is 24.3 Å². The zero-order valence-electron chi connectivity index (χ0n) is 12.3. The summed E-state index contributed by atoms with van der Waals surface area (Å²) in [6.45, 7) is 1.02. The van der Waals surface area contributed by atoms with Gasteiger partial charge in [0.25, 0.3) is 0 Å². The van der Waals surface area contributed by atoms with Crippen LogP contribution in [0.2, 0.25) is 5.02 Å². The van der Waals surface area contributed by atoms with E-state index >= 15 is 0 Å². The molecule has 1 heterocycles. The molecule has 0 bridgehead atoms. The number of nitrogens with zero attached hydrogens (tertiary/aromatic N) is 1. The number of rotatable bonds is 6. The van der Waals surface area contributed by atoms with Crippen molar-refractivity contribution in [3.8, 4) is 5.75 Å². The maximum absolute atomic E-state index is 12.1. The van der Waals surface area contributed by atoms with E-state index in [0.29, 0.717) is 43.3 Å². The van der Waals surface area contributed by atoms with E-state index in [1.807, 2.05) is 0 Å². The number of carbonyl (C=O) groups excluding carboxylic acids is 1. The molecule has 0 aromatic heterocycles. The summed E-state index contributed by atoms with van der Waals surface area (Å²) in [6.07, 6.45) is 2.38. The molecule has 122 valence electrons. The van der Waals surface area contributed by atoms with Crippen LogP contribution in [0.25, 0.3) is 0 Å². The Hall–Kier alpha value is -1.31. The van der Waals surface area contributed by atoms with Crippen molar-refractivity contribution in [2.45, 2.75) is 18.9 Å². The van der Waals surface area contributed by atoms with E-state index in [1.54, 1.807) is 24.3 Å². The summed E-state index contributed by atoms with van der Waals surface area (Å²) in [5, 5.41) is 3.34. The first kappa shape index (κ1) is 17.1. The molecule has 0 radical (unpaired) electrons. The summed E-state index contributed by atoms with van der Waals surface area (Å²) >= 11 is 5.77. The van der Waals surface area contributed by atoms with E-state index in [4.69, 9.17) is 16.3 Å². The Kier molecular flexibility index (Phi) is 5.66. The second-order valence-corrected chi connectivity index (χ2v) is 7.50. The lowest BCUT2D eigenvalue weighted by Gasteiger charge is -2.21. The summed E-state index contributed by atoms with van der Waals surface area (Å²) in [4.78, 5) is 12.1. The van der Waals surface area contributed by atoms with Gasteiger partial charge < -0.3 is 10.1 Å². The van der Waals surface area contributed by atoms with Gasteiger partial charge in [-0.25, -0.2) is 8.42 Å². The number of benzene rings is 1. The van der Waals surface area contributed by atoms with E-state index in [9.17, 15) is 13.2 Å². The number of hydrogen-bond donors (Lipinski definition) is 1. The Labute approximate surface area is 135 Å². The Bertz CT molecular complexity index is 618. The minimum atomic E-state index is -3.35. The van der Waals surface area contributed by atoms with E-state index in [0.717, 1.165) is 6.26 Å². The third kappa shape index (κ3) is 4.59. The van der Waals surface area contributed by atoms with Crippen molar-refractivity contribution < 1.29 is 17.9 Å². The Balaban J connectivity index is 1.77. The van der Waals surface area contributed by atoms with Gasteiger partial charge >= 0.3 is 0 Å². The average molecular weight is 347 g/mol. The largest absolute Gasteiger partial charge is 0.492 e. The fourth-order valence-electron chi connectivity index (χ4n) is 2.39. The lowest BCUT2D eigenvalue weighted by atomic mass is 10.2. The normalized spacial score (nSPS) is 19.1. The first-order chi connectivity index (χ1) is 10.4. The number of carbonyl (C=O) groups is 1. The van der Waals surface area contributed by atoms with E-state index in [-0.39, 0.29) is 5.91 Å². The molecule has 1 fully saturated rings. The second-order valence-electron chi connectivity index (χ2n) is 5.13. The zero-order valence-corrected chi connectivity index (χ0v) is 13.9. The van der Waals surface area contributed by atoms with Gasteiger partial charge in [-0.1, -0.05) is 11.6 Å². The molecule has 1 aliphatic rings. The zero-order chi connectivity index (χ0) is 16.2. The molecule has 0 saturated carbocycles. The molecular weight excluding hydrogens is 328 g/mol. The lowest BCUT2D eigenvalue weighted by molar-refractivity contribution is -0.124. The van der Waals surface area contributed by atoms with Crippen molar-refractivity contribution in [1.29, 1.82) is 0 Å². The SMILES string of the molecule is CS(=O)(=O)N1CCCC1C(=O)NCCOc1ccc(Cl)cc1. The maximum atomic E-state index is 12.1. The number of sulfonamides is 1. The summed E-state index contributed by atoms with van der Waals surface area (Å²) < 4.78 is 29.9. The number of ether oxygens (including phenoxy) is 1. The lowest BCUT2D eigenvalue weighted by Crippen LogP contribution is -2.46. The van der Waals surface area contributed by atoms with Crippen LogP contribution in [-0.2, 0) is 14.8 Å². The van der Waals surface area contributed by atoms with Gasteiger partial charge in [-0.15, -0.1) is 0 Å². The molecule has 6 nitrogen and oxygen atoms in total. The molecule has 1 saturated heterocycles. The molecule has 1 aromatic carbocycles. The maximum Gasteiger partial charge on any atom is 0.238 e. The van der Waals surface area contributed by atoms with Crippen LogP contribution in [0.3, 0.4) is 0 Å². The Morgan fingerprint density at radius 3 is 2.73 bits per heavy atom. The first-order valence-electron chi connectivity index (χ1n) is 7.01. The highest BCUT2D eigenvalue weighted by Gasteiger charge is 2.36. The fraction of sp³-hybridized carbons (Fsp3) is 0.500. The molecule has 8 heteroatoms. The van der Waals surface area contributed by atoms with E-state index in [2.05, 4.69) is 5.32 Å².